The number of hydrogen-bond acceptors (Lipinski definition) is 5. The van der Waals surface area contributed by atoms with Crippen LogP contribution in [0.5, 0.6) is 0 Å². The summed E-state index contributed by atoms with van der Waals surface area (Å²) in [6.45, 7) is 7.82. The van der Waals surface area contributed by atoms with Gasteiger partial charge in [0.2, 0.25) is 15.9 Å². The number of carbonyl (C=O) groups is 1. The minimum Gasteiger partial charge on any atom is -0.338 e. The predicted octanol–water partition coefficient (Wildman–Crippen LogP) is 2.57. The molecule has 2 aromatic rings. The lowest BCUT2D eigenvalue weighted by atomic mass is 10.2. The lowest BCUT2D eigenvalue weighted by molar-refractivity contribution is 0.102. The maximum Gasteiger partial charge on any atom is 0.258 e. The second-order valence-electron chi connectivity index (χ2n) is 5.29. The minimum absolute atomic E-state index is 0.0873. The molecule has 0 spiro atoms. The van der Waals surface area contributed by atoms with Gasteiger partial charge in [-0.05, 0) is 32.0 Å². The predicted molar refractivity (Wildman–Crippen MR) is 90.5 cm³/mol. The Labute approximate surface area is 141 Å². The molecule has 0 atom stereocenters. The van der Waals surface area contributed by atoms with Crippen molar-refractivity contribution in [1.29, 1.82) is 0 Å². The van der Waals surface area contributed by atoms with Crippen molar-refractivity contribution < 1.29 is 17.7 Å². The van der Waals surface area contributed by atoms with Gasteiger partial charge >= 0.3 is 0 Å². The van der Waals surface area contributed by atoms with Crippen molar-refractivity contribution in [3.05, 3.63) is 41.1 Å². The zero-order valence-corrected chi connectivity index (χ0v) is 15.0. The van der Waals surface area contributed by atoms with Gasteiger partial charge < -0.3 is 4.52 Å². The van der Waals surface area contributed by atoms with E-state index in [0.29, 0.717) is 18.8 Å². The van der Waals surface area contributed by atoms with Gasteiger partial charge in [-0.25, -0.2) is 8.42 Å². The number of hydrogen-bond donors (Lipinski definition) is 1. The van der Waals surface area contributed by atoms with Crippen LogP contribution in [0.25, 0.3) is 0 Å². The third-order valence-electron chi connectivity index (χ3n) is 3.82. The fourth-order valence-corrected chi connectivity index (χ4v) is 3.72. The molecule has 7 nitrogen and oxygen atoms in total. The molecule has 0 bridgehead atoms. The summed E-state index contributed by atoms with van der Waals surface area (Å²) in [6.07, 6.45) is 0. The molecule has 1 aromatic carbocycles. The summed E-state index contributed by atoms with van der Waals surface area (Å²) in [5.74, 6) is -0.194. The fraction of sp³-hybridized carbons (Fsp3) is 0.375. The largest absolute Gasteiger partial charge is 0.338 e. The number of carbonyl (C=O) groups excluding carboxylic acids is 1. The summed E-state index contributed by atoms with van der Waals surface area (Å²) in [6, 6.07) is 5.94. The topological polar surface area (TPSA) is 92.5 Å². The molecule has 1 aromatic heterocycles. The van der Waals surface area contributed by atoms with E-state index < -0.39 is 15.9 Å². The molecule has 0 radical (unpaired) electrons. The van der Waals surface area contributed by atoms with Crippen LogP contribution < -0.4 is 5.32 Å². The molecular formula is C16H21N3O4S. The van der Waals surface area contributed by atoms with Gasteiger partial charge in [0.15, 0.2) is 0 Å². The standard InChI is InChI=1S/C16H21N3O4S/c1-5-19(6-2)24(21,22)14-9-7-8-13(10-14)15(20)17-16-11(3)12(4)18-23-16/h7-10H,5-6H2,1-4H3,(H,17,20). The SMILES string of the molecule is CCN(CC)S(=O)(=O)c1cccc(C(=O)Nc2onc(C)c2C)c1. The van der Waals surface area contributed by atoms with Gasteiger partial charge in [0, 0.05) is 24.2 Å². The number of benzene rings is 1. The summed E-state index contributed by atoms with van der Waals surface area (Å²) in [5.41, 5.74) is 1.65. The van der Waals surface area contributed by atoms with Gasteiger partial charge in [0.25, 0.3) is 5.91 Å². The highest BCUT2D eigenvalue weighted by Crippen LogP contribution is 2.20. The third kappa shape index (κ3) is 3.49. The first kappa shape index (κ1) is 18.2. The highest BCUT2D eigenvalue weighted by Gasteiger charge is 2.23. The Hall–Kier alpha value is -2.19. The highest BCUT2D eigenvalue weighted by molar-refractivity contribution is 7.89. The molecule has 130 valence electrons. The van der Waals surface area contributed by atoms with Crippen molar-refractivity contribution in [1.82, 2.24) is 9.46 Å². The molecule has 2 rings (SSSR count). The maximum atomic E-state index is 12.6. The Morgan fingerprint density at radius 1 is 1.25 bits per heavy atom. The number of amides is 1. The van der Waals surface area contributed by atoms with Crippen LogP contribution in [0.2, 0.25) is 0 Å². The van der Waals surface area contributed by atoms with Crippen molar-refractivity contribution >= 4 is 21.8 Å². The second kappa shape index (κ2) is 7.14. The van der Waals surface area contributed by atoms with Crippen molar-refractivity contribution in [2.24, 2.45) is 0 Å². The Morgan fingerprint density at radius 2 is 1.92 bits per heavy atom. The van der Waals surface area contributed by atoms with Crippen LogP contribution in [-0.4, -0.2) is 36.9 Å². The molecule has 0 fully saturated rings. The Kier molecular flexibility index (Phi) is 5.40. The Morgan fingerprint density at radius 3 is 2.46 bits per heavy atom. The van der Waals surface area contributed by atoms with Crippen LogP contribution in [0.3, 0.4) is 0 Å². The number of anilines is 1. The third-order valence-corrected chi connectivity index (χ3v) is 5.87. The van der Waals surface area contributed by atoms with Crippen LogP contribution in [-0.2, 0) is 10.0 Å². The van der Waals surface area contributed by atoms with Crippen LogP contribution in [0.4, 0.5) is 5.88 Å². The van der Waals surface area contributed by atoms with Crippen molar-refractivity contribution in [2.75, 3.05) is 18.4 Å². The van der Waals surface area contributed by atoms with E-state index in [0.717, 1.165) is 5.56 Å². The quantitative estimate of drug-likeness (QED) is 0.863. The molecule has 0 aliphatic rings. The van der Waals surface area contributed by atoms with Crippen LogP contribution in [0, 0.1) is 13.8 Å². The number of aromatic nitrogens is 1. The van der Waals surface area contributed by atoms with Gasteiger partial charge in [-0.3, -0.25) is 10.1 Å². The van der Waals surface area contributed by atoms with Crippen LogP contribution in [0.1, 0.15) is 35.5 Å². The van der Waals surface area contributed by atoms with Gasteiger partial charge in [0.1, 0.15) is 0 Å². The van der Waals surface area contributed by atoms with Crippen LogP contribution >= 0.6 is 0 Å². The lowest BCUT2D eigenvalue weighted by Gasteiger charge is -2.18. The van der Waals surface area contributed by atoms with E-state index in [9.17, 15) is 13.2 Å². The van der Waals surface area contributed by atoms with Gasteiger partial charge in [-0.15, -0.1) is 0 Å². The van der Waals surface area contributed by atoms with E-state index in [4.69, 9.17) is 4.52 Å². The monoisotopic (exact) mass is 351 g/mol. The molecule has 1 amide bonds. The first-order valence-corrected chi connectivity index (χ1v) is 9.09. The number of rotatable bonds is 6. The van der Waals surface area contributed by atoms with Crippen molar-refractivity contribution in [3.8, 4) is 0 Å². The summed E-state index contributed by atoms with van der Waals surface area (Å²) >= 11 is 0. The average Bonchev–Trinajstić information content (AvgIpc) is 2.88. The van der Waals surface area contributed by atoms with Gasteiger partial charge in [-0.2, -0.15) is 4.31 Å². The first-order valence-electron chi connectivity index (χ1n) is 7.65. The molecule has 8 heteroatoms. The van der Waals surface area contributed by atoms with Gasteiger partial charge in [0.05, 0.1) is 10.6 Å². The molecule has 0 saturated carbocycles. The summed E-state index contributed by atoms with van der Waals surface area (Å²) in [7, 11) is -3.62. The Balaban J connectivity index is 2.30. The van der Waals surface area contributed by atoms with E-state index in [1.165, 1.54) is 16.4 Å². The van der Waals surface area contributed by atoms with E-state index >= 15 is 0 Å². The molecule has 0 aliphatic carbocycles. The molecule has 24 heavy (non-hydrogen) atoms. The van der Waals surface area contributed by atoms with Crippen LogP contribution in [0.15, 0.2) is 33.7 Å². The molecular weight excluding hydrogens is 330 g/mol. The maximum absolute atomic E-state index is 12.6. The number of aryl methyl sites for hydroxylation is 1. The number of nitrogens with zero attached hydrogens (tertiary/aromatic N) is 2. The summed E-state index contributed by atoms with van der Waals surface area (Å²) in [4.78, 5) is 12.4. The second-order valence-corrected chi connectivity index (χ2v) is 7.23. The molecule has 0 aliphatic heterocycles. The molecule has 0 saturated heterocycles. The van der Waals surface area contributed by atoms with Crippen molar-refractivity contribution in [3.63, 3.8) is 0 Å². The smallest absolute Gasteiger partial charge is 0.258 e. The number of nitrogens with one attached hydrogen (secondary N) is 1. The van der Waals surface area contributed by atoms with Crippen molar-refractivity contribution in [2.45, 2.75) is 32.6 Å². The minimum atomic E-state index is -3.62. The fourth-order valence-electron chi connectivity index (χ4n) is 2.22. The van der Waals surface area contributed by atoms with E-state index in [1.54, 1.807) is 39.8 Å². The summed E-state index contributed by atoms with van der Waals surface area (Å²) in [5, 5.41) is 6.38. The number of sulfonamides is 1. The average molecular weight is 351 g/mol. The lowest BCUT2D eigenvalue weighted by Crippen LogP contribution is -2.30. The van der Waals surface area contributed by atoms with Gasteiger partial charge in [-0.1, -0.05) is 25.1 Å². The van der Waals surface area contributed by atoms with E-state index in [2.05, 4.69) is 10.5 Å². The summed E-state index contributed by atoms with van der Waals surface area (Å²) < 4.78 is 31.5. The molecule has 1 heterocycles. The normalized spacial score (nSPS) is 11.7. The highest BCUT2D eigenvalue weighted by atomic mass is 32.2. The van der Waals surface area contributed by atoms with E-state index in [1.807, 2.05) is 0 Å². The first-order chi connectivity index (χ1) is 11.3. The molecule has 0 unspecified atom stereocenters. The zero-order chi connectivity index (χ0) is 17.9. The molecule has 1 N–H and O–H groups in total. The zero-order valence-electron chi connectivity index (χ0n) is 14.2. The Bertz CT molecular complexity index is 839. The van der Waals surface area contributed by atoms with E-state index in [-0.39, 0.29) is 16.3 Å².